The summed E-state index contributed by atoms with van der Waals surface area (Å²) in [7, 11) is 1.55. The monoisotopic (exact) mass is 248 g/mol. The molecule has 0 radical (unpaired) electrons. The van der Waals surface area contributed by atoms with E-state index >= 15 is 0 Å². The number of nitrogen functional groups attached to an aromatic ring is 1. The van der Waals surface area contributed by atoms with Crippen LogP contribution in [0.1, 0.15) is 42.5 Å². The van der Waals surface area contributed by atoms with Gasteiger partial charge in [-0.05, 0) is 31.0 Å². The number of ether oxygens (including phenoxy) is 1. The van der Waals surface area contributed by atoms with Crippen molar-refractivity contribution in [2.75, 3.05) is 12.8 Å². The minimum absolute atomic E-state index is 0.0415. The molecule has 0 heterocycles. The van der Waals surface area contributed by atoms with Crippen molar-refractivity contribution in [1.82, 2.24) is 5.32 Å². The molecule has 1 aliphatic carbocycles. The molecule has 0 atom stereocenters. The van der Waals surface area contributed by atoms with Crippen LogP contribution < -0.4 is 15.8 Å². The van der Waals surface area contributed by atoms with E-state index in [1.165, 1.54) is 19.3 Å². The third-order valence-electron chi connectivity index (χ3n) is 3.44. The van der Waals surface area contributed by atoms with Crippen LogP contribution in [-0.2, 0) is 0 Å². The van der Waals surface area contributed by atoms with E-state index in [4.69, 9.17) is 10.5 Å². The molecule has 4 heteroatoms. The van der Waals surface area contributed by atoms with Crippen LogP contribution in [-0.4, -0.2) is 19.1 Å². The predicted molar refractivity (Wildman–Crippen MR) is 71.7 cm³/mol. The minimum Gasteiger partial charge on any atom is -0.495 e. The molecule has 1 fully saturated rings. The molecule has 1 saturated carbocycles. The largest absolute Gasteiger partial charge is 0.495 e. The van der Waals surface area contributed by atoms with Crippen molar-refractivity contribution < 1.29 is 9.53 Å². The van der Waals surface area contributed by atoms with Gasteiger partial charge >= 0.3 is 0 Å². The first-order valence-electron chi connectivity index (χ1n) is 6.45. The maximum absolute atomic E-state index is 12.1. The number of rotatable bonds is 3. The van der Waals surface area contributed by atoms with Crippen LogP contribution in [0, 0.1) is 0 Å². The van der Waals surface area contributed by atoms with Gasteiger partial charge in [0.1, 0.15) is 5.75 Å². The molecule has 1 aromatic rings. The molecule has 98 valence electrons. The van der Waals surface area contributed by atoms with Crippen LogP contribution in [0.3, 0.4) is 0 Å². The molecule has 4 nitrogen and oxygen atoms in total. The summed E-state index contributed by atoms with van der Waals surface area (Å²) >= 11 is 0. The molecule has 3 N–H and O–H groups in total. The zero-order valence-electron chi connectivity index (χ0n) is 10.7. The van der Waals surface area contributed by atoms with Gasteiger partial charge in [0.15, 0.2) is 0 Å². The lowest BCUT2D eigenvalue weighted by atomic mass is 9.95. The van der Waals surface area contributed by atoms with Crippen molar-refractivity contribution in [1.29, 1.82) is 0 Å². The Kier molecular flexibility index (Phi) is 4.07. The van der Waals surface area contributed by atoms with Gasteiger partial charge in [-0.25, -0.2) is 0 Å². The number of amides is 1. The average molecular weight is 248 g/mol. The van der Waals surface area contributed by atoms with Crippen LogP contribution >= 0.6 is 0 Å². The third-order valence-corrected chi connectivity index (χ3v) is 3.44. The maximum Gasteiger partial charge on any atom is 0.251 e. The first-order chi connectivity index (χ1) is 8.70. The molecule has 0 unspecified atom stereocenters. The Balaban J connectivity index is 2.03. The number of methoxy groups -OCH3 is 1. The minimum atomic E-state index is -0.0415. The number of benzene rings is 1. The quantitative estimate of drug-likeness (QED) is 0.807. The van der Waals surface area contributed by atoms with E-state index in [0.717, 1.165) is 12.8 Å². The van der Waals surface area contributed by atoms with Gasteiger partial charge in [0.2, 0.25) is 0 Å². The second kappa shape index (κ2) is 5.76. The molecule has 0 saturated heterocycles. The number of carbonyl (C=O) groups excluding carboxylic acids is 1. The summed E-state index contributed by atoms with van der Waals surface area (Å²) in [5, 5.41) is 3.07. The molecule has 0 aliphatic heterocycles. The fourth-order valence-corrected chi connectivity index (χ4v) is 2.37. The van der Waals surface area contributed by atoms with Crippen molar-refractivity contribution in [2.24, 2.45) is 0 Å². The van der Waals surface area contributed by atoms with Crippen molar-refractivity contribution >= 4 is 11.6 Å². The van der Waals surface area contributed by atoms with Crippen molar-refractivity contribution in [3.05, 3.63) is 23.8 Å². The number of hydrogen-bond donors (Lipinski definition) is 2. The van der Waals surface area contributed by atoms with E-state index in [2.05, 4.69) is 5.32 Å². The Hall–Kier alpha value is -1.71. The van der Waals surface area contributed by atoms with E-state index in [1.54, 1.807) is 25.3 Å². The molecule has 0 bridgehead atoms. The van der Waals surface area contributed by atoms with Gasteiger partial charge in [-0.1, -0.05) is 19.3 Å². The molecule has 18 heavy (non-hydrogen) atoms. The van der Waals surface area contributed by atoms with Crippen LogP contribution in [0.5, 0.6) is 5.75 Å². The fourth-order valence-electron chi connectivity index (χ4n) is 2.37. The van der Waals surface area contributed by atoms with Crippen molar-refractivity contribution in [2.45, 2.75) is 38.1 Å². The van der Waals surface area contributed by atoms with Crippen LogP contribution in [0.2, 0.25) is 0 Å². The normalized spacial score (nSPS) is 16.3. The highest BCUT2D eigenvalue weighted by Gasteiger charge is 2.17. The lowest BCUT2D eigenvalue weighted by molar-refractivity contribution is 0.0927. The second-order valence-corrected chi connectivity index (χ2v) is 4.77. The topological polar surface area (TPSA) is 64.3 Å². The molecule has 1 aliphatic rings. The molecular formula is C14H20N2O2. The first-order valence-corrected chi connectivity index (χ1v) is 6.45. The average Bonchev–Trinajstić information content (AvgIpc) is 2.40. The van der Waals surface area contributed by atoms with Gasteiger partial charge in [0.05, 0.1) is 12.8 Å². The number of carbonyl (C=O) groups is 1. The summed E-state index contributed by atoms with van der Waals surface area (Å²) in [6.07, 6.45) is 5.85. The third kappa shape index (κ3) is 2.94. The predicted octanol–water partition coefficient (Wildman–Crippen LogP) is 2.34. The second-order valence-electron chi connectivity index (χ2n) is 4.77. The van der Waals surface area contributed by atoms with Gasteiger partial charge in [0.25, 0.3) is 5.91 Å². The Morgan fingerprint density at radius 1 is 1.33 bits per heavy atom. The van der Waals surface area contributed by atoms with Gasteiger partial charge in [-0.2, -0.15) is 0 Å². The van der Waals surface area contributed by atoms with E-state index in [-0.39, 0.29) is 5.91 Å². The molecule has 1 amide bonds. The van der Waals surface area contributed by atoms with E-state index in [1.807, 2.05) is 0 Å². The Morgan fingerprint density at radius 3 is 2.72 bits per heavy atom. The molecular weight excluding hydrogens is 228 g/mol. The highest BCUT2D eigenvalue weighted by molar-refractivity contribution is 5.95. The zero-order chi connectivity index (χ0) is 13.0. The van der Waals surface area contributed by atoms with Crippen molar-refractivity contribution in [3.8, 4) is 5.75 Å². The standard InChI is InChI=1S/C14H20N2O2/c1-18-13-9-10(7-8-12(13)15)14(17)16-11-5-3-2-4-6-11/h7-9,11H,2-6,15H2,1H3,(H,16,17). The van der Waals surface area contributed by atoms with Gasteiger partial charge in [-0.15, -0.1) is 0 Å². The van der Waals surface area contributed by atoms with Crippen LogP contribution in [0.4, 0.5) is 5.69 Å². The number of anilines is 1. The smallest absolute Gasteiger partial charge is 0.251 e. The summed E-state index contributed by atoms with van der Waals surface area (Å²) in [5.74, 6) is 0.506. The number of nitrogens with two attached hydrogens (primary N) is 1. The summed E-state index contributed by atoms with van der Waals surface area (Å²) in [5.41, 5.74) is 6.88. The zero-order valence-corrected chi connectivity index (χ0v) is 10.7. The maximum atomic E-state index is 12.1. The first kappa shape index (κ1) is 12.7. The summed E-state index contributed by atoms with van der Waals surface area (Å²) in [6, 6.07) is 5.44. The number of nitrogens with one attached hydrogen (secondary N) is 1. The highest BCUT2D eigenvalue weighted by Crippen LogP contribution is 2.23. The van der Waals surface area contributed by atoms with Gasteiger partial charge < -0.3 is 15.8 Å². The van der Waals surface area contributed by atoms with Gasteiger partial charge in [-0.3, -0.25) is 4.79 Å². The summed E-state index contributed by atoms with van der Waals surface area (Å²) in [4.78, 5) is 12.1. The summed E-state index contributed by atoms with van der Waals surface area (Å²) in [6.45, 7) is 0. The molecule has 0 aromatic heterocycles. The Bertz CT molecular complexity index is 426. The lowest BCUT2D eigenvalue weighted by Crippen LogP contribution is -2.36. The van der Waals surface area contributed by atoms with E-state index in [0.29, 0.717) is 23.0 Å². The lowest BCUT2D eigenvalue weighted by Gasteiger charge is -2.22. The van der Waals surface area contributed by atoms with E-state index in [9.17, 15) is 4.79 Å². The fraction of sp³-hybridized carbons (Fsp3) is 0.500. The number of hydrogen-bond acceptors (Lipinski definition) is 3. The van der Waals surface area contributed by atoms with Crippen LogP contribution in [0.15, 0.2) is 18.2 Å². The van der Waals surface area contributed by atoms with Gasteiger partial charge in [0, 0.05) is 11.6 Å². The SMILES string of the molecule is COc1cc(C(=O)NC2CCCCC2)ccc1N. The Morgan fingerprint density at radius 2 is 2.06 bits per heavy atom. The molecule has 0 spiro atoms. The van der Waals surface area contributed by atoms with Crippen LogP contribution in [0.25, 0.3) is 0 Å². The van der Waals surface area contributed by atoms with E-state index < -0.39 is 0 Å². The van der Waals surface area contributed by atoms with Crippen molar-refractivity contribution in [3.63, 3.8) is 0 Å². The Labute approximate surface area is 108 Å². The summed E-state index contributed by atoms with van der Waals surface area (Å²) < 4.78 is 5.12. The molecule has 2 rings (SSSR count). The molecule has 1 aromatic carbocycles. The highest BCUT2D eigenvalue weighted by atomic mass is 16.5.